The maximum Gasteiger partial charge on any atom is 0.240 e. The minimum atomic E-state index is -3.60. The Morgan fingerprint density at radius 2 is 2.00 bits per heavy atom. The smallest absolute Gasteiger partial charge is 0.240 e. The maximum absolute atomic E-state index is 12.6. The molecule has 0 saturated carbocycles. The molecule has 0 fully saturated rings. The minimum absolute atomic E-state index is 0.247. The van der Waals surface area contributed by atoms with Gasteiger partial charge in [-0.1, -0.05) is 17.3 Å². The highest BCUT2D eigenvalue weighted by atomic mass is 32.2. The number of sulfonamides is 1. The molecular formula is C18H20N2O4S. The molecule has 0 radical (unpaired) electrons. The lowest BCUT2D eigenvalue weighted by atomic mass is 10.1. The molecule has 0 amide bonds. The predicted octanol–water partition coefficient (Wildman–Crippen LogP) is 3.46. The van der Waals surface area contributed by atoms with Crippen molar-refractivity contribution >= 4 is 10.0 Å². The molecule has 0 unspecified atom stereocenters. The van der Waals surface area contributed by atoms with Crippen LogP contribution in [-0.4, -0.2) is 20.1 Å². The predicted molar refractivity (Wildman–Crippen MR) is 93.6 cm³/mol. The van der Waals surface area contributed by atoms with Crippen molar-refractivity contribution in [2.45, 2.75) is 31.6 Å². The molecule has 3 aromatic rings. The van der Waals surface area contributed by atoms with E-state index < -0.39 is 10.0 Å². The Labute approximate surface area is 146 Å². The van der Waals surface area contributed by atoms with E-state index in [-0.39, 0.29) is 4.90 Å². The van der Waals surface area contributed by atoms with Gasteiger partial charge >= 0.3 is 0 Å². The fourth-order valence-corrected chi connectivity index (χ4v) is 3.89. The highest BCUT2D eigenvalue weighted by Gasteiger charge is 2.18. The van der Waals surface area contributed by atoms with Crippen LogP contribution >= 0.6 is 0 Å². The SMILES string of the molecule is Cc1cc(-c2ccc(C)c(S(=O)(=O)NCCCc3ccco3)c2)on1. The summed E-state index contributed by atoms with van der Waals surface area (Å²) in [5, 5.41) is 3.84. The van der Waals surface area contributed by atoms with Gasteiger partial charge in [-0.2, -0.15) is 0 Å². The molecule has 0 atom stereocenters. The number of rotatable bonds is 7. The van der Waals surface area contributed by atoms with Gasteiger partial charge in [0.15, 0.2) is 5.76 Å². The van der Waals surface area contributed by atoms with E-state index >= 15 is 0 Å². The monoisotopic (exact) mass is 360 g/mol. The van der Waals surface area contributed by atoms with Crippen molar-refractivity contribution in [3.63, 3.8) is 0 Å². The van der Waals surface area contributed by atoms with Crippen molar-refractivity contribution in [3.8, 4) is 11.3 Å². The topological polar surface area (TPSA) is 85.3 Å². The van der Waals surface area contributed by atoms with Gasteiger partial charge in [-0.25, -0.2) is 13.1 Å². The van der Waals surface area contributed by atoms with Crippen LogP contribution in [0.15, 0.2) is 56.5 Å². The molecule has 1 N–H and O–H groups in total. The molecular weight excluding hydrogens is 340 g/mol. The molecule has 7 heteroatoms. The molecule has 0 saturated heterocycles. The second-order valence-corrected chi connectivity index (χ2v) is 7.63. The Bertz CT molecular complexity index is 943. The molecule has 3 rings (SSSR count). The van der Waals surface area contributed by atoms with E-state index in [1.54, 1.807) is 31.4 Å². The van der Waals surface area contributed by atoms with Crippen LogP contribution in [0.4, 0.5) is 0 Å². The molecule has 0 aliphatic carbocycles. The maximum atomic E-state index is 12.6. The lowest BCUT2D eigenvalue weighted by molar-refractivity contribution is 0.427. The second-order valence-electron chi connectivity index (χ2n) is 5.89. The van der Waals surface area contributed by atoms with E-state index in [0.29, 0.717) is 36.3 Å². The molecule has 132 valence electrons. The Kier molecular flexibility index (Phi) is 5.06. The van der Waals surface area contributed by atoms with Gasteiger partial charge in [-0.15, -0.1) is 0 Å². The molecule has 2 heterocycles. The third kappa shape index (κ3) is 4.18. The molecule has 0 aliphatic rings. The van der Waals surface area contributed by atoms with Crippen molar-refractivity contribution in [2.24, 2.45) is 0 Å². The van der Waals surface area contributed by atoms with Gasteiger partial charge in [-0.05, 0) is 44.0 Å². The van der Waals surface area contributed by atoms with Crippen LogP contribution in [-0.2, 0) is 16.4 Å². The zero-order chi connectivity index (χ0) is 17.9. The van der Waals surface area contributed by atoms with Gasteiger partial charge in [0.2, 0.25) is 10.0 Å². The summed E-state index contributed by atoms with van der Waals surface area (Å²) < 4.78 is 38.4. The summed E-state index contributed by atoms with van der Waals surface area (Å²) in [6.45, 7) is 3.93. The fraction of sp³-hybridized carbons (Fsp3) is 0.278. The van der Waals surface area contributed by atoms with E-state index in [4.69, 9.17) is 8.94 Å². The van der Waals surface area contributed by atoms with E-state index in [2.05, 4.69) is 9.88 Å². The van der Waals surface area contributed by atoms with Crippen molar-refractivity contribution in [1.29, 1.82) is 0 Å². The summed E-state index contributed by atoms with van der Waals surface area (Å²) in [6.07, 6.45) is 2.96. The van der Waals surface area contributed by atoms with Gasteiger partial charge in [0.1, 0.15) is 5.76 Å². The standard InChI is InChI=1S/C18H20N2O4S/c1-13-7-8-15(17-11-14(2)20-24-17)12-18(13)25(21,22)19-9-3-5-16-6-4-10-23-16/h4,6-8,10-12,19H,3,5,9H2,1-2H3. The first-order valence-electron chi connectivity index (χ1n) is 8.02. The zero-order valence-electron chi connectivity index (χ0n) is 14.2. The Morgan fingerprint density at radius 1 is 1.16 bits per heavy atom. The molecule has 6 nitrogen and oxygen atoms in total. The molecule has 1 aromatic carbocycles. The quantitative estimate of drug-likeness (QED) is 0.652. The van der Waals surface area contributed by atoms with E-state index in [0.717, 1.165) is 11.5 Å². The van der Waals surface area contributed by atoms with Crippen molar-refractivity contribution < 1.29 is 17.4 Å². The van der Waals surface area contributed by atoms with Crippen LogP contribution in [0.3, 0.4) is 0 Å². The molecule has 0 aliphatic heterocycles. The number of hydrogen-bond donors (Lipinski definition) is 1. The molecule has 0 spiro atoms. The largest absolute Gasteiger partial charge is 0.469 e. The number of aryl methyl sites for hydroxylation is 3. The lowest BCUT2D eigenvalue weighted by Crippen LogP contribution is -2.25. The number of nitrogens with zero attached hydrogens (tertiary/aromatic N) is 1. The van der Waals surface area contributed by atoms with Gasteiger partial charge in [0.05, 0.1) is 16.9 Å². The number of hydrogen-bond acceptors (Lipinski definition) is 5. The first-order valence-corrected chi connectivity index (χ1v) is 9.50. The van der Waals surface area contributed by atoms with Crippen molar-refractivity contribution in [1.82, 2.24) is 9.88 Å². The molecule has 25 heavy (non-hydrogen) atoms. The minimum Gasteiger partial charge on any atom is -0.469 e. The van der Waals surface area contributed by atoms with E-state index in [1.165, 1.54) is 0 Å². The van der Waals surface area contributed by atoms with Gasteiger partial charge < -0.3 is 8.94 Å². The van der Waals surface area contributed by atoms with Gasteiger partial charge in [-0.3, -0.25) is 0 Å². The van der Waals surface area contributed by atoms with Crippen molar-refractivity contribution in [2.75, 3.05) is 6.54 Å². The summed E-state index contributed by atoms with van der Waals surface area (Å²) in [5.41, 5.74) is 2.11. The average Bonchev–Trinajstić information content (AvgIpc) is 3.23. The summed E-state index contributed by atoms with van der Waals surface area (Å²) in [5.74, 6) is 1.39. The number of benzene rings is 1. The highest BCUT2D eigenvalue weighted by Crippen LogP contribution is 2.25. The summed E-state index contributed by atoms with van der Waals surface area (Å²) in [6, 6.07) is 10.7. The Balaban J connectivity index is 1.72. The number of nitrogens with one attached hydrogen (secondary N) is 1. The first kappa shape index (κ1) is 17.4. The zero-order valence-corrected chi connectivity index (χ0v) is 15.0. The fourth-order valence-electron chi connectivity index (χ4n) is 2.54. The lowest BCUT2D eigenvalue weighted by Gasteiger charge is -2.10. The van der Waals surface area contributed by atoms with Gasteiger partial charge in [0, 0.05) is 24.6 Å². The van der Waals surface area contributed by atoms with Crippen LogP contribution in [0.25, 0.3) is 11.3 Å². The summed E-state index contributed by atoms with van der Waals surface area (Å²) in [4.78, 5) is 0.247. The molecule has 0 bridgehead atoms. The normalized spacial score (nSPS) is 11.8. The summed E-state index contributed by atoms with van der Waals surface area (Å²) in [7, 11) is -3.60. The van der Waals surface area contributed by atoms with Crippen molar-refractivity contribution in [3.05, 3.63) is 59.7 Å². The first-order chi connectivity index (χ1) is 12.0. The average molecular weight is 360 g/mol. The number of furan rings is 1. The van der Waals surface area contributed by atoms with E-state index in [1.807, 2.05) is 25.1 Å². The van der Waals surface area contributed by atoms with Crippen LogP contribution in [0, 0.1) is 13.8 Å². The van der Waals surface area contributed by atoms with Gasteiger partial charge in [0.25, 0.3) is 0 Å². The van der Waals surface area contributed by atoms with Crippen LogP contribution < -0.4 is 4.72 Å². The van der Waals surface area contributed by atoms with Crippen LogP contribution in [0.5, 0.6) is 0 Å². The second kappa shape index (κ2) is 7.25. The van der Waals surface area contributed by atoms with Crippen LogP contribution in [0.2, 0.25) is 0 Å². The third-order valence-electron chi connectivity index (χ3n) is 3.86. The third-order valence-corrected chi connectivity index (χ3v) is 5.47. The Morgan fingerprint density at radius 3 is 2.68 bits per heavy atom. The van der Waals surface area contributed by atoms with Crippen LogP contribution in [0.1, 0.15) is 23.4 Å². The highest BCUT2D eigenvalue weighted by molar-refractivity contribution is 7.89. The number of aromatic nitrogens is 1. The van der Waals surface area contributed by atoms with E-state index in [9.17, 15) is 8.42 Å². The molecule has 2 aromatic heterocycles. The Hall–Kier alpha value is -2.38. The summed E-state index contributed by atoms with van der Waals surface area (Å²) >= 11 is 0.